The van der Waals surface area contributed by atoms with E-state index in [2.05, 4.69) is 0 Å². The Morgan fingerprint density at radius 1 is 1.40 bits per heavy atom. The molecule has 0 N–H and O–H groups in total. The molecule has 0 fully saturated rings. The molecular weight excluding hydrogens is 235 g/mol. The summed E-state index contributed by atoms with van der Waals surface area (Å²) >= 11 is 5.39. The number of hydrogen-bond acceptors (Lipinski definition) is 2. The Labute approximate surface area is 87.6 Å². The number of nitro groups is 1. The summed E-state index contributed by atoms with van der Waals surface area (Å²) in [6, 6.07) is 1.82. The van der Waals surface area contributed by atoms with Crippen LogP contribution in [0.4, 0.5) is 18.9 Å². The first-order chi connectivity index (χ1) is 6.73. The lowest BCUT2D eigenvalue weighted by Gasteiger charge is -2.09. The van der Waals surface area contributed by atoms with Crippen molar-refractivity contribution in [1.29, 1.82) is 0 Å². The van der Waals surface area contributed by atoms with Crippen LogP contribution in [-0.2, 0) is 6.18 Å². The predicted molar refractivity (Wildman–Crippen MR) is 47.8 cm³/mol. The Bertz CT molecular complexity index is 417. The number of rotatable bonds is 1. The van der Waals surface area contributed by atoms with Crippen molar-refractivity contribution in [3.8, 4) is 0 Å². The largest absolute Gasteiger partial charge is 0.423 e. The zero-order valence-electron chi connectivity index (χ0n) is 7.43. The SMILES string of the molecule is Cc1cc(Cl)c([N+](=O)[O-])c(C(F)(F)F)c1. The standard InChI is InChI=1S/C8H5ClF3NO2/c1-4-2-5(8(10,11)12)7(13(14)15)6(9)3-4/h2-3H,1H3. The van der Waals surface area contributed by atoms with Crippen molar-refractivity contribution in [2.24, 2.45) is 0 Å². The second-order valence-electron chi connectivity index (χ2n) is 2.90. The topological polar surface area (TPSA) is 43.1 Å². The molecular formula is C8H5ClF3NO2. The third-order valence-electron chi connectivity index (χ3n) is 1.70. The molecule has 15 heavy (non-hydrogen) atoms. The molecule has 0 aliphatic heterocycles. The molecule has 1 aromatic carbocycles. The summed E-state index contributed by atoms with van der Waals surface area (Å²) in [4.78, 5) is 9.29. The van der Waals surface area contributed by atoms with E-state index in [1.165, 1.54) is 6.92 Å². The van der Waals surface area contributed by atoms with Crippen LogP contribution in [0.3, 0.4) is 0 Å². The van der Waals surface area contributed by atoms with Crippen molar-refractivity contribution in [3.63, 3.8) is 0 Å². The highest BCUT2D eigenvalue weighted by Crippen LogP contribution is 2.40. The number of nitro benzene ring substituents is 1. The van der Waals surface area contributed by atoms with Gasteiger partial charge in [0.05, 0.1) is 4.92 Å². The summed E-state index contributed by atoms with van der Waals surface area (Å²) < 4.78 is 37.2. The van der Waals surface area contributed by atoms with Crippen molar-refractivity contribution in [3.05, 3.63) is 38.4 Å². The molecule has 0 amide bonds. The maximum absolute atomic E-state index is 12.4. The van der Waals surface area contributed by atoms with Gasteiger partial charge in [0.1, 0.15) is 10.6 Å². The second kappa shape index (κ2) is 3.69. The first-order valence-electron chi connectivity index (χ1n) is 3.75. The highest BCUT2D eigenvalue weighted by Gasteiger charge is 2.39. The molecule has 0 aliphatic rings. The van der Waals surface area contributed by atoms with Crippen LogP contribution in [0.15, 0.2) is 12.1 Å². The Hall–Kier alpha value is -1.30. The molecule has 1 rings (SSSR count). The second-order valence-corrected chi connectivity index (χ2v) is 3.30. The molecule has 0 atom stereocenters. The lowest BCUT2D eigenvalue weighted by atomic mass is 10.1. The van der Waals surface area contributed by atoms with E-state index in [0.29, 0.717) is 6.07 Å². The minimum atomic E-state index is -4.78. The lowest BCUT2D eigenvalue weighted by molar-refractivity contribution is -0.387. The van der Waals surface area contributed by atoms with Crippen LogP contribution in [0.1, 0.15) is 11.1 Å². The zero-order chi connectivity index (χ0) is 11.8. The van der Waals surface area contributed by atoms with Crippen molar-refractivity contribution < 1.29 is 18.1 Å². The van der Waals surface area contributed by atoms with Crippen LogP contribution < -0.4 is 0 Å². The maximum Gasteiger partial charge on any atom is 0.423 e. The number of alkyl halides is 3. The molecule has 0 saturated heterocycles. The van der Waals surface area contributed by atoms with Crippen LogP contribution in [0, 0.1) is 17.0 Å². The summed E-state index contributed by atoms with van der Waals surface area (Å²) in [5.41, 5.74) is -2.20. The van der Waals surface area contributed by atoms with E-state index in [4.69, 9.17) is 11.6 Å². The Morgan fingerprint density at radius 2 is 1.93 bits per heavy atom. The first kappa shape index (κ1) is 11.8. The number of hydrogen-bond donors (Lipinski definition) is 0. The maximum atomic E-state index is 12.4. The van der Waals surface area contributed by atoms with Gasteiger partial charge < -0.3 is 0 Å². The molecule has 0 radical (unpaired) electrons. The van der Waals surface area contributed by atoms with E-state index in [9.17, 15) is 23.3 Å². The van der Waals surface area contributed by atoms with Crippen LogP contribution in [-0.4, -0.2) is 4.92 Å². The van der Waals surface area contributed by atoms with E-state index in [1.807, 2.05) is 0 Å². The molecule has 0 saturated carbocycles. The average molecular weight is 240 g/mol. The fraction of sp³-hybridized carbons (Fsp3) is 0.250. The smallest absolute Gasteiger partial charge is 0.258 e. The van der Waals surface area contributed by atoms with Crippen molar-refractivity contribution in [1.82, 2.24) is 0 Å². The molecule has 0 heterocycles. The highest BCUT2D eigenvalue weighted by molar-refractivity contribution is 6.32. The van der Waals surface area contributed by atoms with Crippen LogP contribution in [0.25, 0.3) is 0 Å². The van der Waals surface area contributed by atoms with E-state index >= 15 is 0 Å². The Kier molecular flexibility index (Phi) is 2.90. The molecule has 7 heteroatoms. The van der Waals surface area contributed by atoms with Gasteiger partial charge in [-0.1, -0.05) is 11.6 Å². The first-order valence-corrected chi connectivity index (χ1v) is 4.13. The van der Waals surface area contributed by atoms with Gasteiger partial charge in [0.15, 0.2) is 0 Å². The monoisotopic (exact) mass is 239 g/mol. The number of aryl methyl sites for hydroxylation is 1. The average Bonchev–Trinajstić information content (AvgIpc) is 1.99. The van der Waals surface area contributed by atoms with E-state index in [-0.39, 0.29) is 5.56 Å². The zero-order valence-corrected chi connectivity index (χ0v) is 8.19. The van der Waals surface area contributed by atoms with E-state index < -0.39 is 27.4 Å². The van der Waals surface area contributed by atoms with Crippen LogP contribution in [0.2, 0.25) is 5.02 Å². The number of nitrogens with zero attached hydrogens (tertiary/aromatic N) is 1. The minimum Gasteiger partial charge on any atom is -0.258 e. The normalized spacial score (nSPS) is 11.5. The van der Waals surface area contributed by atoms with Gasteiger partial charge in [-0.25, -0.2) is 0 Å². The molecule has 1 aromatic rings. The third kappa shape index (κ3) is 2.38. The fourth-order valence-corrected chi connectivity index (χ4v) is 1.48. The molecule has 0 spiro atoms. The predicted octanol–water partition coefficient (Wildman–Crippen LogP) is 3.58. The molecule has 3 nitrogen and oxygen atoms in total. The summed E-state index contributed by atoms with van der Waals surface area (Å²) in [7, 11) is 0. The van der Waals surface area contributed by atoms with Gasteiger partial charge in [0.2, 0.25) is 0 Å². The lowest BCUT2D eigenvalue weighted by Crippen LogP contribution is -2.09. The van der Waals surface area contributed by atoms with Gasteiger partial charge in [-0.3, -0.25) is 10.1 Å². The Morgan fingerprint density at radius 3 is 2.33 bits per heavy atom. The van der Waals surface area contributed by atoms with Crippen LogP contribution in [0.5, 0.6) is 0 Å². The fourth-order valence-electron chi connectivity index (χ4n) is 1.14. The van der Waals surface area contributed by atoms with Gasteiger partial charge in [-0.2, -0.15) is 13.2 Å². The summed E-state index contributed by atoms with van der Waals surface area (Å²) in [6.45, 7) is 1.38. The molecule has 0 unspecified atom stereocenters. The quantitative estimate of drug-likeness (QED) is 0.555. The van der Waals surface area contributed by atoms with Crippen molar-refractivity contribution in [2.45, 2.75) is 13.1 Å². The van der Waals surface area contributed by atoms with Gasteiger partial charge in [-0.15, -0.1) is 0 Å². The minimum absolute atomic E-state index is 0.220. The third-order valence-corrected chi connectivity index (χ3v) is 1.98. The van der Waals surface area contributed by atoms with E-state index in [0.717, 1.165) is 6.07 Å². The summed E-state index contributed by atoms with van der Waals surface area (Å²) in [6.07, 6.45) is -4.78. The summed E-state index contributed by atoms with van der Waals surface area (Å²) in [5.74, 6) is 0. The molecule has 0 aliphatic carbocycles. The van der Waals surface area contributed by atoms with Gasteiger partial charge in [0.25, 0.3) is 5.69 Å². The van der Waals surface area contributed by atoms with E-state index in [1.54, 1.807) is 0 Å². The molecule has 0 aromatic heterocycles. The highest BCUT2D eigenvalue weighted by atomic mass is 35.5. The van der Waals surface area contributed by atoms with Gasteiger partial charge in [0, 0.05) is 0 Å². The molecule has 82 valence electrons. The summed E-state index contributed by atoms with van der Waals surface area (Å²) in [5, 5.41) is 9.91. The Balaban J connectivity index is 3.54. The number of benzene rings is 1. The molecule has 0 bridgehead atoms. The van der Waals surface area contributed by atoms with Crippen molar-refractivity contribution in [2.75, 3.05) is 0 Å². The number of halogens is 4. The van der Waals surface area contributed by atoms with Crippen LogP contribution >= 0.6 is 11.6 Å². The van der Waals surface area contributed by atoms with Gasteiger partial charge in [-0.05, 0) is 24.6 Å². The van der Waals surface area contributed by atoms with Crippen molar-refractivity contribution >= 4 is 17.3 Å². The van der Waals surface area contributed by atoms with Gasteiger partial charge >= 0.3 is 6.18 Å².